The molecule has 1 saturated heterocycles. The minimum atomic E-state index is -0.654. The normalized spacial score (nSPS) is 19.2. The molecule has 2 amide bonds. The Morgan fingerprint density at radius 1 is 1.06 bits per heavy atom. The number of para-hydroxylation sites is 2. The van der Waals surface area contributed by atoms with Gasteiger partial charge in [-0.3, -0.25) is 14.5 Å². The number of amides is 2. The molecule has 2 aromatic carbocycles. The van der Waals surface area contributed by atoms with Gasteiger partial charge in [-0.1, -0.05) is 12.1 Å². The molecule has 2 aromatic rings. The zero-order valence-electron chi connectivity index (χ0n) is 17.3. The van der Waals surface area contributed by atoms with Gasteiger partial charge in [0.15, 0.2) is 11.5 Å². The van der Waals surface area contributed by atoms with Crippen LogP contribution >= 0.6 is 0 Å². The fraction of sp³-hybridized carbons (Fsp3) is 0.348. The maximum atomic E-state index is 12.9. The van der Waals surface area contributed by atoms with Crippen LogP contribution in [0.3, 0.4) is 0 Å². The first kappa shape index (κ1) is 20.7. The van der Waals surface area contributed by atoms with E-state index in [-0.39, 0.29) is 24.5 Å². The summed E-state index contributed by atoms with van der Waals surface area (Å²) in [5.74, 6) is 1.02. The van der Waals surface area contributed by atoms with Crippen LogP contribution in [0.25, 0.3) is 0 Å². The lowest BCUT2D eigenvalue weighted by atomic mass is 10.1. The second-order valence-electron chi connectivity index (χ2n) is 7.58. The smallest absolute Gasteiger partial charge is 0.267 e. The molecule has 2 atom stereocenters. The van der Waals surface area contributed by atoms with E-state index >= 15 is 0 Å². The summed E-state index contributed by atoms with van der Waals surface area (Å²) in [7, 11) is 0. The zero-order valence-corrected chi connectivity index (χ0v) is 17.3. The molecule has 31 heavy (non-hydrogen) atoms. The van der Waals surface area contributed by atoms with Crippen molar-refractivity contribution in [1.29, 1.82) is 5.26 Å². The molecule has 0 aromatic heterocycles. The number of carbonyl (C=O) groups is 2. The van der Waals surface area contributed by atoms with E-state index in [1.807, 2.05) is 25.1 Å². The molecule has 8 heteroatoms. The Kier molecular flexibility index (Phi) is 6.05. The minimum absolute atomic E-state index is 0.0937. The summed E-state index contributed by atoms with van der Waals surface area (Å²) >= 11 is 0. The lowest BCUT2D eigenvalue weighted by molar-refractivity contribution is -0.143. The number of nitrogens with one attached hydrogen (secondary N) is 1. The third-order valence-electron chi connectivity index (χ3n) is 5.62. The van der Waals surface area contributed by atoms with Crippen molar-refractivity contribution in [2.24, 2.45) is 0 Å². The van der Waals surface area contributed by atoms with Crippen LogP contribution in [0.2, 0.25) is 0 Å². The van der Waals surface area contributed by atoms with Crippen LogP contribution in [0.4, 0.5) is 5.69 Å². The second kappa shape index (κ2) is 9.06. The topological polar surface area (TPSA) is 94.9 Å². The maximum Gasteiger partial charge on any atom is 0.267 e. The number of anilines is 1. The van der Waals surface area contributed by atoms with Crippen LogP contribution in [0, 0.1) is 11.3 Å². The van der Waals surface area contributed by atoms with Gasteiger partial charge in [-0.15, -0.1) is 0 Å². The molecule has 0 unspecified atom stereocenters. The fourth-order valence-electron chi connectivity index (χ4n) is 3.72. The fourth-order valence-corrected chi connectivity index (χ4v) is 3.72. The van der Waals surface area contributed by atoms with E-state index in [0.717, 1.165) is 0 Å². The quantitative estimate of drug-likeness (QED) is 0.812. The minimum Gasteiger partial charge on any atom is -0.485 e. The Morgan fingerprint density at radius 3 is 2.42 bits per heavy atom. The molecule has 1 N–H and O–H groups in total. The number of hydrogen-bond acceptors (Lipinski definition) is 6. The second-order valence-corrected chi connectivity index (χ2v) is 7.58. The first-order valence-electron chi connectivity index (χ1n) is 10.3. The van der Waals surface area contributed by atoms with Crippen LogP contribution in [-0.4, -0.2) is 66.5 Å². The van der Waals surface area contributed by atoms with E-state index in [9.17, 15) is 9.59 Å². The SMILES string of the molecule is C[C@H](C(=O)Nc1ccc(C#N)cc1)N1CCN(C(=O)[C@@H]2COc3ccccc3O2)CC1. The van der Waals surface area contributed by atoms with Gasteiger partial charge in [-0.25, -0.2) is 0 Å². The predicted molar refractivity (Wildman–Crippen MR) is 114 cm³/mol. The largest absolute Gasteiger partial charge is 0.485 e. The molecule has 0 saturated carbocycles. The first-order chi connectivity index (χ1) is 15.0. The number of carbonyl (C=O) groups excluding carboxylic acids is 2. The van der Waals surface area contributed by atoms with Crippen LogP contribution in [0.5, 0.6) is 11.5 Å². The average Bonchev–Trinajstić information content (AvgIpc) is 2.83. The van der Waals surface area contributed by atoms with E-state index < -0.39 is 6.10 Å². The molecule has 0 bridgehead atoms. The zero-order chi connectivity index (χ0) is 21.8. The lowest BCUT2D eigenvalue weighted by Crippen LogP contribution is -2.57. The molecule has 4 rings (SSSR count). The molecular formula is C23H24N4O4. The van der Waals surface area contributed by atoms with Crippen molar-refractivity contribution >= 4 is 17.5 Å². The Labute approximate surface area is 181 Å². The van der Waals surface area contributed by atoms with E-state index in [0.29, 0.717) is 48.9 Å². The number of nitriles is 1. The summed E-state index contributed by atoms with van der Waals surface area (Å²) in [6.45, 7) is 4.28. The summed E-state index contributed by atoms with van der Waals surface area (Å²) in [4.78, 5) is 29.3. The molecule has 0 aliphatic carbocycles. The third kappa shape index (κ3) is 4.62. The van der Waals surface area contributed by atoms with Gasteiger partial charge in [0.1, 0.15) is 6.61 Å². The number of ether oxygens (including phenoxy) is 2. The van der Waals surface area contributed by atoms with E-state index in [1.165, 1.54) is 0 Å². The highest BCUT2D eigenvalue weighted by molar-refractivity contribution is 5.94. The van der Waals surface area contributed by atoms with Crippen LogP contribution in [0.15, 0.2) is 48.5 Å². The van der Waals surface area contributed by atoms with Crippen molar-refractivity contribution in [2.45, 2.75) is 19.1 Å². The van der Waals surface area contributed by atoms with Gasteiger partial charge in [0.05, 0.1) is 17.7 Å². The van der Waals surface area contributed by atoms with Crippen LogP contribution in [-0.2, 0) is 9.59 Å². The molecule has 2 aliphatic rings. The Balaban J connectivity index is 1.28. The average molecular weight is 420 g/mol. The molecule has 160 valence electrons. The molecule has 2 heterocycles. The number of rotatable bonds is 4. The van der Waals surface area contributed by atoms with Gasteiger partial charge in [-0.2, -0.15) is 5.26 Å². The van der Waals surface area contributed by atoms with E-state index in [4.69, 9.17) is 14.7 Å². The summed E-state index contributed by atoms with van der Waals surface area (Å²) in [5.41, 5.74) is 1.20. The predicted octanol–water partition coefficient (Wildman–Crippen LogP) is 1.87. The highest BCUT2D eigenvalue weighted by Gasteiger charge is 2.34. The molecule has 1 fully saturated rings. The van der Waals surface area contributed by atoms with E-state index in [2.05, 4.69) is 16.3 Å². The van der Waals surface area contributed by atoms with Gasteiger partial charge in [0.25, 0.3) is 5.91 Å². The summed E-state index contributed by atoms with van der Waals surface area (Å²) in [5, 5.41) is 11.7. The summed E-state index contributed by atoms with van der Waals surface area (Å²) in [6.07, 6.45) is -0.654. The monoisotopic (exact) mass is 420 g/mol. The highest BCUT2D eigenvalue weighted by Crippen LogP contribution is 2.31. The summed E-state index contributed by atoms with van der Waals surface area (Å²) in [6, 6.07) is 15.8. The van der Waals surface area contributed by atoms with Gasteiger partial charge in [-0.05, 0) is 43.3 Å². The van der Waals surface area contributed by atoms with Crippen molar-refractivity contribution in [3.8, 4) is 17.6 Å². The summed E-state index contributed by atoms with van der Waals surface area (Å²) < 4.78 is 11.5. The number of benzene rings is 2. The van der Waals surface area contributed by atoms with Gasteiger partial charge >= 0.3 is 0 Å². The number of nitrogens with zero attached hydrogens (tertiary/aromatic N) is 3. The number of hydrogen-bond donors (Lipinski definition) is 1. The molecule has 0 spiro atoms. The third-order valence-corrected chi connectivity index (χ3v) is 5.62. The molecule has 8 nitrogen and oxygen atoms in total. The Hall–Kier alpha value is -3.57. The molecular weight excluding hydrogens is 396 g/mol. The van der Waals surface area contributed by atoms with Gasteiger partial charge in [0, 0.05) is 31.9 Å². The van der Waals surface area contributed by atoms with Crippen LogP contribution in [0.1, 0.15) is 12.5 Å². The lowest BCUT2D eigenvalue weighted by Gasteiger charge is -2.39. The van der Waals surface area contributed by atoms with Crippen molar-refractivity contribution in [3.63, 3.8) is 0 Å². The highest BCUT2D eigenvalue weighted by atomic mass is 16.6. The maximum absolute atomic E-state index is 12.9. The number of fused-ring (bicyclic) bond motifs is 1. The van der Waals surface area contributed by atoms with Crippen molar-refractivity contribution in [1.82, 2.24) is 9.80 Å². The van der Waals surface area contributed by atoms with E-state index in [1.54, 1.807) is 35.2 Å². The standard InChI is InChI=1S/C23H24N4O4/c1-16(22(28)25-18-8-6-17(14-24)7-9-18)26-10-12-27(13-11-26)23(29)21-15-30-19-4-2-3-5-20(19)31-21/h2-9,16,21H,10-13,15H2,1H3,(H,25,28)/t16-,21+/m1/s1. The molecule has 2 aliphatic heterocycles. The number of piperazine rings is 1. The van der Waals surface area contributed by atoms with Crippen molar-refractivity contribution in [2.75, 3.05) is 38.1 Å². The Bertz CT molecular complexity index is 993. The van der Waals surface area contributed by atoms with Crippen molar-refractivity contribution < 1.29 is 19.1 Å². The first-order valence-corrected chi connectivity index (χ1v) is 10.3. The van der Waals surface area contributed by atoms with Crippen molar-refractivity contribution in [3.05, 3.63) is 54.1 Å². The Morgan fingerprint density at radius 2 is 1.74 bits per heavy atom. The van der Waals surface area contributed by atoms with Gasteiger partial charge < -0.3 is 19.7 Å². The molecule has 0 radical (unpaired) electrons. The van der Waals surface area contributed by atoms with Crippen LogP contribution < -0.4 is 14.8 Å². The van der Waals surface area contributed by atoms with Gasteiger partial charge in [0.2, 0.25) is 12.0 Å².